The van der Waals surface area contributed by atoms with Gasteiger partial charge in [-0.1, -0.05) is 11.6 Å². The van der Waals surface area contributed by atoms with Gasteiger partial charge in [-0.05, 0) is 18.2 Å². The lowest BCUT2D eigenvalue weighted by molar-refractivity contribution is 0.0946. The molecule has 4 N–H and O–H groups in total. The second-order valence-electron chi connectivity index (χ2n) is 4.75. The predicted molar refractivity (Wildman–Crippen MR) is 83.3 cm³/mol. The molecule has 22 heavy (non-hydrogen) atoms. The average Bonchev–Trinajstić information content (AvgIpc) is 2.91. The first-order valence-corrected chi connectivity index (χ1v) is 7.43. The van der Waals surface area contributed by atoms with Crippen LogP contribution in [0.15, 0.2) is 18.2 Å². The number of hydrogen-bond donors (Lipinski definition) is 3. The standard InChI is InChI=1S/C14H19ClN4O3/c15-10-1-2-12(22-8-3-16)11(9-10)13(20)17-4-6-19-7-5-18-14(19)21/h1-2,9H,3-8,16H2,(H,17,20)(H,18,21). The van der Waals surface area contributed by atoms with Crippen molar-refractivity contribution in [2.24, 2.45) is 5.73 Å². The van der Waals surface area contributed by atoms with E-state index in [1.807, 2.05) is 0 Å². The molecule has 1 saturated heterocycles. The van der Waals surface area contributed by atoms with E-state index in [4.69, 9.17) is 22.1 Å². The van der Waals surface area contributed by atoms with Crippen LogP contribution >= 0.6 is 11.6 Å². The van der Waals surface area contributed by atoms with E-state index in [-0.39, 0.29) is 11.9 Å². The number of carbonyl (C=O) groups is 2. The highest BCUT2D eigenvalue weighted by Crippen LogP contribution is 2.22. The van der Waals surface area contributed by atoms with Crippen molar-refractivity contribution >= 4 is 23.5 Å². The number of halogens is 1. The molecule has 2 rings (SSSR count). The second kappa shape index (κ2) is 7.86. The zero-order chi connectivity index (χ0) is 15.9. The van der Waals surface area contributed by atoms with Gasteiger partial charge in [0.25, 0.3) is 5.91 Å². The zero-order valence-corrected chi connectivity index (χ0v) is 12.9. The Morgan fingerprint density at radius 2 is 2.32 bits per heavy atom. The lowest BCUT2D eigenvalue weighted by Crippen LogP contribution is -2.36. The Balaban J connectivity index is 1.93. The van der Waals surface area contributed by atoms with Crippen molar-refractivity contribution in [1.82, 2.24) is 15.5 Å². The molecule has 1 aromatic rings. The van der Waals surface area contributed by atoms with Crippen molar-refractivity contribution < 1.29 is 14.3 Å². The number of nitrogens with one attached hydrogen (secondary N) is 2. The smallest absolute Gasteiger partial charge is 0.317 e. The number of carbonyl (C=O) groups excluding carboxylic acids is 2. The van der Waals surface area contributed by atoms with Gasteiger partial charge in [-0.15, -0.1) is 0 Å². The van der Waals surface area contributed by atoms with Crippen LogP contribution in [-0.4, -0.2) is 56.2 Å². The molecule has 1 fully saturated rings. The summed E-state index contributed by atoms with van der Waals surface area (Å²) in [6, 6.07) is 4.73. The van der Waals surface area contributed by atoms with Crippen molar-refractivity contribution in [3.05, 3.63) is 28.8 Å². The van der Waals surface area contributed by atoms with E-state index >= 15 is 0 Å². The Morgan fingerprint density at radius 1 is 1.50 bits per heavy atom. The molecule has 1 aliphatic rings. The van der Waals surface area contributed by atoms with Gasteiger partial charge in [-0.3, -0.25) is 4.79 Å². The van der Waals surface area contributed by atoms with Crippen LogP contribution in [0.1, 0.15) is 10.4 Å². The van der Waals surface area contributed by atoms with Crippen molar-refractivity contribution in [3.63, 3.8) is 0 Å². The predicted octanol–water partition coefficient (Wildman–Crippen LogP) is 0.432. The van der Waals surface area contributed by atoms with Gasteiger partial charge in [0.1, 0.15) is 12.4 Å². The molecule has 1 heterocycles. The molecule has 0 saturated carbocycles. The first kappa shape index (κ1) is 16.4. The Bertz CT molecular complexity index is 553. The first-order valence-electron chi connectivity index (χ1n) is 7.05. The molecule has 1 aliphatic heterocycles. The molecule has 0 radical (unpaired) electrons. The molecule has 120 valence electrons. The van der Waals surface area contributed by atoms with Crippen LogP contribution in [-0.2, 0) is 0 Å². The highest BCUT2D eigenvalue weighted by Gasteiger charge is 2.19. The van der Waals surface area contributed by atoms with E-state index in [0.717, 1.165) is 0 Å². The van der Waals surface area contributed by atoms with Crippen LogP contribution in [0.4, 0.5) is 4.79 Å². The van der Waals surface area contributed by atoms with Gasteiger partial charge in [0.05, 0.1) is 5.56 Å². The van der Waals surface area contributed by atoms with Crippen molar-refractivity contribution in [1.29, 1.82) is 0 Å². The highest BCUT2D eigenvalue weighted by atomic mass is 35.5. The number of ether oxygens (including phenoxy) is 1. The van der Waals surface area contributed by atoms with Crippen LogP contribution in [0.25, 0.3) is 0 Å². The summed E-state index contributed by atoms with van der Waals surface area (Å²) in [6.45, 7) is 2.77. The number of rotatable bonds is 7. The molecule has 0 spiro atoms. The molecule has 0 aliphatic carbocycles. The summed E-state index contributed by atoms with van der Waals surface area (Å²) in [5, 5.41) is 5.91. The number of benzene rings is 1. The summed E-state index contributed by atoms with van der Waals surface area (Å²) >= 11 is 5.93. The van der Waals surface area contributed by atoms with Gasteiger partial charge in [0.2, 0.25) is 0 Å². The van der Waals surface area contributed by atoms with Crippen LogP contribution in [0.3, 0.4) is 0 Å². The van der Waals surface area contributed by atoms with Gasteiger partial charge < -0.3 is 26.0 Å². The largest absolute Gasteiger partial charge is 0.491 e. The molecule has 0 aromatic heterocycles. The maximum Gasteiger partial charge on any atom is 0.317 e. The third-order valence-corrected chi connectivity index (χ3v) is 3.41. The lowest BCUT2D eigenvalue weighted by atomic mass is 10.2. The first-order chi connectivity index (χ1) is 10.6. The highest BCUT2D eigenvalue weighted by molar-refractivity contribution is 6.31. The van der Waals surface area contributed by atoms with Gasteiger partial charge in [0.15, 0.2) is 0 Å². The summed E-state index contributed by atoms with van der Waals surface area (Å²) in [4.78, 5) is 25.3. The zero-order valence-electron chi connectivity index (χ0n) is 12.1. The summed E-state index contributed by atoms with van der Waals surface area (Å²) in [6.07, 6.45) is 0. The molecular weight excluding hydrogens is 308 g/mol. The maximum atomic E-state index is 12.2. The minimum Gasteiger partial charge on any atom is -0.491 e. The molecular formula is C14H19ClN4O3. The quantitative estimate of drug-likeness (QED) is 0.677. The molecule has 8 heteroatoms. The van der Waals surface area contributed by atoms with Crippen molar-refractivity contribution in [2.45, 2.75) is 0 Å². The molecule has 7 nitrogen and oxygen atoms in total. The molecule has 0 unspecified atom stereocenters. The maximum absolute atomic E-state index is 12.2. The SMILES string of the molecule is NCCOc1ccc(Cl)cc1C(=O)NCCN1CCNC1=O. The summed E-state index contributed by atoms with van der Waals surface area (Å²) in [5.41, 5.74) is 5.75. The van der Waals surface area contributed by atoms with E-state index in [9.17, 15) is 9.59 Å². The summed E-state index contributed by atoms with van der Waals surface area (Å²) in [5.74, 6) is 0.139. The Kier molecular flexibility index (Phi) is 5.85. The van der Waals surface area contributed by atoms with E-state index in [0.29, 0.717) is 55.7 Å². The number of nitrogens with zero attached hydrogens (tertiary/aromatic N) is 1. The minimum absolute atomic E-state index is 0.107. The lowest BCUT2D eigenvalue weighted by Gasteiger charge is -2.15. The normalized spacial score (nSPS) is 13.9. The van der Waals surface area contributed by atoms with Crippen LogP contribution in [0, 0.1) is 0 Å². The summed E-state index contributed by atoms with van der Waals surface area (Å²) < 4.78 is 5.44. The fraction of sp³-hybridized carbons (Fsp3) is 0.429. The Labute approximate surface area is 133 Å². The number of amides is 3. The van der Waals surface area contributed by atoms with Crippen molar-refractivity contribution in [3.8, 4) is 5.75 Å². The number of hydrogen-bond acceptors (Lipinski definition) is 4. The van der Waals surface area contributed by atoms with Gasteiger partial charge >= 0.3 is 6.03 Å². The van der Waals surface area contributed by atoms with Crippen LogP contribution in [0.5, 0.6) is 5.75 Å². The molecule has 1 aromatic carbocycles. The van der Waals surface area contributed by atoms with E-state index in [1.165, 1.54) is 0 Å². The van der Waals surface area contributed by atoms with E-state index in [2.05, 4.69) is 10.6 Å². The fourth-order valence-electron chi connectivity index (χ4n) is 2.10. The fourth-order valence-corrected chi connectivity index (χ4v) is 2.27. The topological polar surface area (TPSA) is 96.7 Å². The van der Waals surface area contributed by atoms with Gasteiger partial charge in [-0.25, -0.2) is 4.79 Å². The number of nitrogens with two attached hydrogens (primary N) is 1. The van der Waals surface area contributed by atoms with Gasteiger partial charge in [0, 0.05) is 37.7 Å². The van der Waals surface area contributed by atoms with Crippen LogP contribution in [0.2, 0.25) is 5.02 Å². The minimum atomic E-state index is -0.297. The molecule has 3 amide bonds. The van der Waals surface area contributed by atoms with Crippen molar-refractivity contribution in [2.75, 3.05) is 39.3 Å². The van der Waals surface area contributed by atoms with Crippen LogP contribution < -0.4 is 21.1 Å². The molecule has 0 bridgehead atoms. The molecule has 0 atom stereocenters. The van der Waals surface area contributed by atoms with Gasteiger partial charge in [-0.2, -0.15) is 0 Å². The second-order valence-corrected chi connectivity index (χ2v) is 5.19. The third-order valence-electron chi connectivity index (χ3n) is 3.17. The van der Waals surface area contributed by atoms with E-state index < -0.39 is 0 Å². The van der Waals surface area contributed by atoms with E-state index in [1.54, 1.807) is 23.1 Å². The third kappa shape index (κ3) is 4.25. The Morgan fingerprint density at radius 3 is 3.00 bits per heavy atom. The Hall–Kier alpha value is -1.99. The average molecular weight is 327 g/mol. The monoisotopic (exact) mass is 326 g/mol. The number of urea groups is 1. The summed E-state index contributed by atoms with van der Waals surface area (Å²) in [7, 11) is 0.